The molecule has 1 aromatic carbocycles. The SMILES string of the molecule is COc1ccc(S(=O)(=O)c2ccc(Cn3ccnc3)cc2)nc1. The molecule has 23 heavy (non-hydrogen) atoms. The summed E-state index contributed by atoms with van der Waals surface area (Å²) in [6, 6.07) is 9.77. The summed E-state index contributed by atoms with van der Waals surface area (Å²) in [5.41, 5.74) is 0.990. The Labute approximate surface area is 134 Å². The summed E-state index contributed by atoms with van der Waals surface area (Å²) in [5.74, 6) is 0.514. The Balaban J connectivity index is 1.84. The summed E-state index contributed by atoms with van der Waals surface area (Å²) < 4.78 is 32.0. The number of rotatable bonds is 5. The quantitative estimate of drug-likeness (QED) is 0.717. The Kier molecular flexibility index (Phi) is 4.12. The van der Waals surface area contributed by atoms with Crippen LogP contribution in [0.1, 0.15) is 5.56 Å². The molecule has 0 aliphatic rings. The van der Waals surface area contributed by atoms with Crippen molar-refractivity contribution in [2.24, 2.45) is 0 Å². The van der Waals surface area contributed by atoms with Crippen LogP contribution >= 0.6 is 0 Å². The number of sulfone groups is 1. The van der Waals surface area contributed by atoms with Gasteiger partial charge < -0.3 is 9.30 Å². The number of nitrogens with zero attached hydrogens (tertiary/aromatic N) is 3. The molecule has 0 bridgehead atoms. The van der Waals surface area contributed by atoms with Gasteiger partial charge >= 0.3 is 0 Å². The molecule has 0 radical (unpaired) electrons. The third-order valence-corrected chi connectivity index (χ3v) is 5.06. The normalized spacial score (nSPS) is 11.3. The Bertz CT molecular complexity index is 871. The maximum Gasteiger partial charge on any atom is 0.223 e. The van der Waals surface area contributed by atoms with Crippen LogP contribution in [0.5, 0.6) is 5.75 Å². The second kappa shape index (κ2) is 6.21. The lowest BCUT2D eigenvalue weighted by molar-refractivity contribution is 0.412. The molecule has 2 aromatic heterocycles. The van der Waals surface area contributed by atoms with Crippen molar-refractivity contribution in [1.29, 1.82) is 0 Å². The van der Waals surface area contributed by atoms with Crippen LogP contribution in [-0.4, -0.2) is 30.1 Å². The molecule has 0 fully saturated rings. The minimum atomic E-state index is -3.63. The molecule has 0 aliphatic carbocycles. The first kappa shape index (κ1) is 15.2. The highest BCUT2D eigenvalue weighted by molar-refractivity contribution is 7.91. The highest BCUT2D eigenvalue weighted by Crippen LogP contribution is 2.21. The number of benzene rings is 1. The summed E-state index contributed by atoms with van der Waals surface area (Å²) in [6.07, 6.45) is 6.66. The number of hydrogen-bond acceptors (Lipinski definition) is 5. The molecule has 0 amide bonds. The van der Waals surface area contributed by atoms with E-state index in [2.05, 4.69) is 9.97 Å². The number of imidazole rings is 1. The van der Waals surface area contributed by atoms with E-state index in [4.69, 9.17) is 4.74 Å². The van der Waals surface area contributed by atoms with E-state index in [1.165, 1.54) is 19.4 Å². The largest absolute Gasteiger partial charge is 0.495 e. The van der Waals surface area contributed by atoms with E-state index in [-0.39, 0.29) is 9.92 Å². The van der Waals surface area contributed by atoms with E-state index in [0.29, 0.717) is 12.3 Å². The Morgan fingerprint density at radius 3 is 2.48 bits per heavy atom. The molecular formula is C16H15N3O3S. The minimum absolute atomic E-state index is 0.000611. The van der Waals surface area contributed by atoms with Crippen molar-refractivity contribution in [2.45, 2.75) is 16.5 Å². The Morgan fingerprint density at radius 1 is 1.13 bits per heavy atom. The highest BCUT2D eigenvalue weighted by atomic mass is 32.2. The molecular weight excluding hydrogens is 314 g/mol. The fourth-order valence-electron chi connectivity index (χ4n) is 2.13. The highest BCUT2D eigenvalue weighted by Gasteiger charge is 2.19. The van der Waals surface area contributed by atoms with Crippen LogP contribution in [0.2, 0.25) is 0 Å². The van der Waals surface area contributed by atoms with Gasteiger partial charge in [0, 0.05) is 18.9 Å². The number of pyridine rings is 1. The third-order valence-electron chi connectivity index (χ3n) is 3.38. The third kappa shape index (κ3) is 3.24. The lowest BCUT2D eigenvalue weighted by Gasteiger charge is -2.07. The molecule has 0 unspecified atom stereocenters. The molecule has 0 spiro atoms. The van der Waals surface area contributed by atoms with Crippen LogP contribution in [0.25, 0.3) is 0 Å². The first-order valence-electron chi connectivity index (χ1n) is 6.89. The second-order valence-corrected chi connectivity index (χ2v) is 6.82. The molecule has 0 N–H and O–H groups in total. The topological polar surface area (TPSA) is 74.1 Å². The van der Waals surface area contributed by atoms with E-state index in [1.54, 1.807) is 42.9 Å². The maximum atomic E-state index is 12.5. The Morgan fingerprint density at radius 2 is 1.91 bits per heavy atom. The predicted octanol–water partition coefficient (Wildman–Crippen LogP) is 2.17. The molecule has 0 aliphatic heterocycles. The second-order valence-electron chi connectivity index (χ2n) is 4.92. The van der Waals surface area contributed by atoms with Gasteiger partial charge in [0.05, 0.1) is 24.5 Å². The molecule has 0 saturated carbocycles. The van der Waals surface area contributed by atoms with E-state index in [9.17, 15) is 8.42 Å². The summed E-state index contributed by atoms with van der Waals surface area (Å²) in [4.78, 5) is 8.15. The van der Waals surface area contributed by atoms with Crippen LogP contribution in [0.3, 0.4) is 0 Å². The summed E-state index contributed by atoms with van der Waals surface area (Å²) in [6.45, 7) is 0.640. The number of methoxy groups -OCH3 is 1. The summed E-state index contributed by atoms with van der Waals surface area (Å²) >= 11 is 0. The van der Waals surface area contributed by atoms with Gasteiger partial charge in [0.25, 0.3) is 0 Å². The van der Waals surface area contributed by atoms with Crippen LogP contribution in [-0.2, 0) is 16.4 Å². The number of hydrogen-bond donors (Lipinski definition) is 0. The predicted molar refractivity (Wildman–Crippen MR) is 84.0 cm³/mol. The summed E-state index contributed by atoms with van der Waals surface area (Å²) in [5, 5.41) is 0.000611. The van der Waals surface area contributed by atoms with Gasteiger partial charge in [-0.05, 0) is 29.8 Å². The molecule has 2 heterocycles. The Hall–Kier alpha value is -2.67. The summed E-state index contributed by atoms with van der Waals surface area (Å²) in [7, 11) is -2.12. The monoisotopic (exact) mass is 329 g/mol. The van der Waals surface area contributed by atoms with Gasteiger partial charge in [0.1, 0.15) is 5.75 Å². The molecule has 0 saturated heterocycles. The average molecular weight is 329 g/mol. The van der Waals surface area contributed by atoms with Crippen molar-refractivity contribution in [3.63, 3.8) is 0 Å². The van der Waals surface area contributed by atoms with Gasteiger partial charge in [0.2, 0.25) is 9.84 Å². The maximum absolute atomic E-state index is 12.5. The van der Waals surface area contributed by atoms with Gasteiger partial charge in [-0.2, -0.15) is 0 Å². The van der Waals surface area contributed by atoms with Crippen molar-refractivity contribution in [3.05, 3.63) is 66.9 Å². The molecule has 3 aromatic rings. The molecule has 7 heteroatoms. The molecule has 6 nitrogen and oxygen atoms in total. The van der Waals surface area contributed by atoms with E-state index in [0.717, 1.165) is 5.56 Å². The number of ether oxygens (including phenoxy) is 1. The van der Waals surface area contributed by atoms with E-state index >= 15 is 0 Å². The van der Waals surface area contributed by atoms with E-state index < -0.39 is 9.84 Å². The van der Waals surface area contributed by atoms with Crippen LogP contribution in [0.15, 0.2) is 71.2 Å². The van der Waals surface area contributed by atoms with Gasteiger partial charge in [-0.25, -0.2) is 18.4 Å². The molecule has 118 valence electrons. The van der Waals surface area contributed by atoms with Crippen molar-refractivity contribution in [3.8, 4) is 5.75 Å². The first-order chi connectivity index (χ1) is 11.1. The zero-order chi connectivity index (χ0) is 16.3. The van der Waals surface area contributed by atoms with Crippen molar-refractivity contribution in [1.82, 2.24) is 14.5 Å². The van der Waals surface area contributed by atoms with Crippen LogP contribution in [0.4, 0.5) is 0 Å². The molecule has 0 atom stereocenters. The van der Waals surface area contributed by atoms with Gasteiger partial charge in [-0.3, -0.25) is 0 Å². The lowest BCUT2D eigenvalue weighted by Crippen LogP contribution is -2.05. The first-order valence-corrected chi connectivity index (χ1v) is 8.38. The number of aromatic nitrogens is 3. The fourth-order valence-corrected chi connectivity index (χ4v) is 3.31. The van der Waals surface area contributed by atoms with Gasteiger partial charge in [0.15, 0.2) is 5.03 Å². The van der Waals surface area contributed by atoms with E-state index in [1.807, 2.05) is 10.8 Å². The smallest absolute Gasteiger partial charge is 0.223 e. The zero-order valence-electron chi connectivity index (χ0n) is 12.5. The van der Waals surface area contributed by atoms with Crippen molar-refractivity contribution < 1.29 is 13.2 Å². The standard InChI is InChI=1S/C16H15N3O3S/c1-22-14-4-7-16(18-10-14)23(20,21)15-5-2-13(3-6-15)11-19-9-8-17-12-19/h2-10,12H,11H2,1H3. The zero-order valence-corrected chi connectivity index (χ0v) is 13.3. The molecule has 3 rings (SSSR count). The van der Waals surface area contributed by atoms with Crippen molar-refractivity contribution >= 4 is 9.84 Å². The van der Waals surface area contributed by atoms with Crippen LogP contribution < -0.4 is 4.74 Å². The average Bonchev–Trinajstić information content (AvgIpc) is 3.08. The van der Waals surface area contributed by atoms with Gasteiger partial charge in [-0.1, -0.05) is 12.1 Å². The van der Waals surface area contributed by atoms with Crippen LogP contribution in [0, 0.1) is 0 Å². The minimum Gasteiger partial charge on any atom is -0.495 e. The van der Waals surface area contributed by atoms with Crippen molar-refractivity contribution in [2.75, 3.05) is 7.11 Å². The lowest BCUT2D eigenvalue weighted by atomic mass is 10.2. The van der Waals surface area contributed by atoms with Gasteiger partial charge in [-0.15, -0.1) is 0 Å². The fraction of sp³-hybridized carbons (Fsp3) is 0.125.